The van der Waals surface area contributed by atoms with Crippen LogP contribution in [0.2, 0.25) is 0 Å². The molecule has 1 amide bonds. The van der Waals surface area contributed by atoms with E-state index in [0.29, 0.717) is 17.6 Å². The molecule has 1 aliphatic rings. The van der Waals surface area contributed by atoms with E-state index < -0.39 is 0 Å². The smallest absolute Gasteiger partial charge is 0.268 e. The van der Waals surface area contributed by atoms with Crippen LogP contribution < -0.4 is 10.9 Å². The molecular formula is C20H18N2O2. The third-order valence-corrected chi connectivity index (χ3v) is 4.35. The summed E-state index contributed by atoms with van der Waals surface area (Å²) in [5.74, 6) is -0.170. The second-order valence-corrected chi connectivity index (χ2v) is 6.24. The van der Waals surface area contributed by atoms with Crippen LogP contribution in [-0.2, 0) is 6.54 Å². The van der Waals surface area contributed by atoms with Gasteiger partial charge in [-0.15, -0.1) is 0 Å². The Morgan fingerprint density at radius 2 is 1.75 bits per heavy atom. The first-order valence-corrected chi connectivity index (χ1v) is 8.20. The lowest BCUT2D eigenvalue weighted by molar-refractivity contribution is 0.0941. The highest BCUT2D eigenvalue weighted by molar-refractivity contribution is 5.97. The number of rotatable bonds is 4. The van der Waals surface area contributed by atoms with Gasteiger partial charge in [-0.25, -0.2) is 0 Å². The largest absolute Gasteiger partial charge is 0.348 e. The van der Waals surface area contributed by atoms with Crippen molar-refractivity contribution in [3.63, 3.8) is 0 Å². The van der Waals surface area contributed by atoms with Gasteiger partial charge in [0.1, 0.15) is 5.69 Å². The maximum atomic E-state index is 12.9. The number of hydrogen-bond donors (Lipinski definition) is 1. The van der Waals surface area contributed by atoms with Crippen molar-refractivity contribution in [2.75, 3.05) is 0 Å². The van der Waals surface area contributed by atoms with Crippen molar-refractivity contribution >= 4 is 16.7 Å². The van der Waals surface area contributed by atoms with Crippen LogP contribution in [0.5, 0.6) is 0 Å². The average molecular weight is 318 g/mol. The third-order valence-electron chi connectivity index (χ3n) is 4.35. The molecule has 1 fully saturated rings. The molecule has 0 saturated heterocycles. The van der Waals surface area contributed by atoms with Crippen molar-refractivity contribution in [3.8, 4) is 0 Å². The number of pyridine rings is 1. The maximum absolute atomic E-state index is 12.9. The molecule has 1 N–H and O–H groups in total. The molecule has 2 aromatic carbocycles. The highest BCUT2D eigenvalue weighted by atomic mass is 16.2. The molecule has 1 heterocycles. The minimum absolute atomic E-state index is 0.127. The van der Waals surface area contributed by atoms with Gasteiger partial charge in [0, 0.05) is 11.4 Å². The van der Waals surface area contributed by atoms with E-state index >= 15 is 0 Å². The maximum Gasteiger partial charge on any atom is 0.268 e. The molecule has 1 aromatic heterocycles. The van der Waals surface area contributed by atoms with Crippen molar-refractivity contribution in [1.82, 2.24) is 9.88 Å². The molecule has 4 heteroatoms. The summed E-state index contributed by atoms with van der Waals surface area (Å²) in [5, 5.41) is 4.42. The minimum Gasteiger partial charge on any atom is -0.348 e. The van der Waals surface area contributed by atoms with Crippen LogP contribution in [0.4, 0.5) is 0 Å². The molecule has 0 radical (unpaired) electrons. The first-order chi connectivity index (χ1) is 11.7. The normalized spacial score (nSPS) is 13.8. The number of amides is 1. The Bertz CT molecular complexity index is 956. The van der Waals surface area contributed by atoms with Crippen LogP contribution in [0, 0.1) is 0 Å². The highest BCUT2D eigenvalue weighted by Gasteiger charge is 2.25. The third kappa shape index (κ3) is 2.83. The summed E-state index contributed by atoms with van der Waals surface area (Å²) in [6, 6.07) is 19.2. The Balaban J connectivity index is 1.85. The molecule has 1 aliphatic carbocycles. The lowest BCUT2D eigenvalue weighted by Crippen LogP contribution is -2.33. The molecule has 4 rings (SSSR count). The van der Waals surface area contributed by atoms with Crippen molar-refractivity contribution in [1.29, 1.82) is 0 Å². The zero-order valence-corrected chi connectivity index (χ0v) is 13.2. The molecule has 0 unspecified atom stereocenters. The monoisotopic (exact) mass is 318 g/mol. The number of nitrogens with one attached hydrogen (secondary N) is 1. The number of fused-ring (bicyclic) bond motifs is 1. The van der Waals surface area contributed by atoms with E-state index in [0.717, 1.165) is 23.8 Å². The van der Waals surface area contributed by atoms with Crippen LogP contribution >= 0.6 is 0 Å². The summed E-state index contributed by atoms with van der Waals surface area (Å²) in [4.78, 5) is 25.6. The van der Waals surface area contributed by atoms with Gasteiger partial charge in [0.2, 0.25) is 0 Å². The topological polar surface area (TPSA) is 51.1 Å². The Labute approximate surface area is 139 Å². The predicted octanol–water partition coefficient (Wildman–Crippen LogP) is 2.94. The Morgan fingerprint density at radius 1 is 1.04 bits per heavy atom. The number of benzene rings is 2. The molecule has 0 atom stereocenters. The first-order valence-electron chi connectivity index (χ1n) is 8.20. The second kappa shape index (κ2) is 5.96. The lowest BCUT2D eigenvalue weighted by atomic mass is 10.1. The van der Waals surface area contributed by atoms with Crippen LogP contribution in [-0.4, -0.2) is 16.5 Å². The number of carbonyl (C=O) groups excluding carboxylic acids is 1. The van der Waals surface area contributed by atoms with E-state index in [2.05, 4.69) is 5.32 Å². The van der Waals surface area contributed by atoms with Gasteiger partial charge in [-0.2, -0.15) is 0 Å². The quantitative estimate of drug-likeness (QED) is 0.804. The Hall–Kier alpha value is -2.88. The number of aromatic nitrogens is 1. The van der Waals surface area contributed by atoms with E-state index in [4.69, 9.17) is 0 Å². The number of carbonyl (C=O) groups is 1. The average Bonchev–Trinajstić information content (AvgIpc) is 3.42. The fourth-order valence-corrected chi connectivity index (χ4v) is 2.90. The standard InChI is InChI=1S/C20H18N2O2/c23-19(21-16-10-11-16)18-12-15-8-4-5-9-17(15)20(24)22(18)13-14-6-2-1-3-7-14/h1-9,12,16H,10-11,13H2,(H,21,23). The van der Waals surface area contributed by atoms with Gasteiger partial charge in [0.15, 0.2) is 0 Å². The molecule has 120 valence electrons. The van der Waals surface area contributed by atoms with Gasteiger partial charge in [-0.3, -0.25) is 14.2 Å². The molecule has 24 heavy (non-hydrogen) atoms. The summed E-state index contributed by atoms with van der Waals surface area (Å²) in [6.45, 7) is 0.387. The summed E-state index contributed by atoms with van der Waals surface area (Å²) in [7, 11) is 0. The SMILES string of the molecule is O=C(NC1CC1)c1cc2ccccc2c(=O)n1Cc1ccccc1. The number of hydrogen-bond acceptors (Lipinski definition) is 2. The van der Waals surface area contributed by atoms with E-state index in [1.54, 1.807) is 4.57 Å². The van der Waals surface area contributed by atoms with Gasteiger partial charge in [0.05, 0.1) is 6.54 Å². The van der Waals surface area contributed by atoms with Crippen LogP contribution in [0.25, 0.3) is 10.8 Å². The zero-order chi connectivity index (χ0) is 16.5. The van der Waals surface area contributed by atoms with Gasteiger partial charge in [-0.05, 0) is 35.9 Å². The molecule has 0 aliphatic heterocycles. The first kappa shape index (κ1) is 14.7. The van der Waals surface area contributed by atoms with E-state index in [9.17, 15) is 9.59 Å². The predicted molar refractivity (Wildman–Crippen MR) is 94.2 cm³/mol. The number of nitrogens with zero attached hydrogens (tertiary/aromatic N) is 1. The van der Waals surface area contributed by atoms with Crippen molar-refractivity contribution in [3.05, 3.63) is 82.3 Å². The molecule has 3 aromatic rings. The van der Waals surface area contributed by atoms with Crippen molar-refractivity contribution in [2.45, 2.75) is 25.4 Å². The van der Waals surface area contributed by atoms with E-state index in [1.165, 1.54) is 0 Å². The highest BCUT2D eigenvalue weighted by Crippen LogP contribution is 2.20. The summed E-state index contributed by atoms with van der Waals surface area (Å²) in [5.41, 5.74) is 1.29. The van der Waals surface area contributed by atoms with Gasteiger partial charge in [-0.1, -0.05) is 48.5 Å². The van der Waals surface area contributed by atoms with Gasteiger partial charge < -0.3 is 5.32 Å². The van der Waals surface area contributed by atoms with Gasteiger partial charge >= 0.3 is 0 Å². The Morgan fingerprint density at radius 3 is 2.50 bits per heavy atom. The van der Waals surface area contributed by atoms with Crippen LogP contribution in [0.3, 0.4) is 0 Å². The zero-order valence-electron chi connectivity index (χ0n) is 13.2. The molecule has 1 saturated carbocycles. The minimum atomic E-state index is -0.170. The molecular weight excluding hydrogens is 300 g/mol. The molecule has 4 nitrogen and oxygen atoms in total. The Kier molecular flexibility index (Phi) is 3.65. The fourth-order valence-electron chi connectivity index (χ4n) is 2.90. The molecule has 0 bridgehead atoms. The van der Waals surface area contributed by atoms with Crippen molar-refractivity contribution < 1.29 is 4.79 Å². The van der Waals surface area contributed by atoms with Crippen molar-refractivity contribution in [2.24, 2.45) is 0 Å². The molecule has 0 spiro atoms. The summed E-state index contributed by atoms with van der Waals surface area (Å²) < 4.78 is 1.58. The van der Waals surface area contributed by atoms with Crippen LogP contribution in [0.1, 0.15) is 28.9 Å². The summed E-state index contributed by atoms with van der Waals surface area (Å²) >= 11 is 0. The second-order valence-electron chi connectivity index (χ2n) is 6.24. The van der Waals surface area contributed by atoms with Crippen LogP contribution in [0.15, 0.2) is 65.5 Å². The van der Waals surface area contributed by atoms with E-state index in [1.807, 2.05) is 60.7 Å². The fraction of sp³-hybridized carbons (Fsp3) is 0.200. The van der Waals surface area contributed by atoms with E-state index in [-0.39, 0.29) is 17.5 Å². The summed E-state index contributed by atoms with van der Waals surface area (Å²) in [6.07, 6.45) is 2.03. The van der Waals surface area contributed by atoms with Gasteiger partial charge in [0.25, 0.3) is 11.5 Å². The lowest BCUT2D eigenvalue weighted by Gasteiger charge is -2.14.